The molecule has 1 aliphatic rings. The molecule has 2 rings (SSSR count). The van der Waals surface area contributed by atoms with Gasteiger partial charge in [-0.1, -0.05) is 75.1 Å². The molecule has 1 fully saturated rings. The second-order valence-corrected chi connectivity index (χ2v) is 25.4. The molecular weight excluding hydrogens is 961 g/mol. The van der Waals surface area contributed by atoms with E-state index >= 15 is 0 Å². The monoisotopic (exact) mass is 1040 g/mol. The average Bonchev–Trinajstić information content (AvgIpc) is 3.53. The van der Waals surface area contributed by atoms with Crippen LogP contribution in [0.4, 0.5) is 0 Å². The summed E-state index contributed by atoms with van der Waals surface area (Å²) in [5.74, 6) is -4.56. The van der Waals surface area contributed by atoms with Gasteiger partial charge in [0.15, 0.2) is 0 Å². The number of quaternary nitrogens is 2. The number of esters is 4. The average molecular weight is 1040 g/mol. The highest BCUT2D eigenvalue weighted by atomic mass is 32.2. The van der Waals surface area contributed by atoms with Gasteiger partial charge in [0, 0.05) is 29.4 Å². The van der Waals surface area contributed by atoms with Crippen LogP contribution in [0, 0.1) is 29.1 Å². The van der Waals surface area contributed by atoms with E-state index in [1.807, 2.05) is 86.3 Å². The number of nitrogens with one attached hydrogen (secondary N) is 1. The summed E-state index contributed by atoms with van der Waals surface area (Å²) in [5.41, 5.74) is 0.0256. The lowest BCUT2D eigenvalue weighted by Crippen LogP contribution is -2.42. The highest BCUT2D eigenvalue weighted by molar-refractivity contribution is 8.47. The van der Waals surface area contributed by atoms with Crippen LogP contribution < -0.4 is 5.32 Å². The number of imide groups is 1. The van der Waals surface area contributed by atoms with Crippen molar-refractivity contribution in [1.82, 2.24) is 10.2 Å². The minimum Gasteiger partial charge on any atom is -0.464 e. The Morgan fingerprint density at radius 1 is 0.797 bits per heavy atom. The Kier molecular flexibility index (Phi) is 26.9. The summed E-state index contributed by atoms with van der Waals surface area (Å²) in [6.07, 6.45) is 0.841. The molecule has 1 aromatic rings. The lowest BCUT2D eigenvalue weighted by molar-refractivity contribution is -0.888. The predicted molar refractivity (Wildman–Crippen MR) is 280 cm³/mol. The molecule has 3 amide bonds. The Labute approximate surface area is 430 Å². The molecule has 0 spiro atoms. The molecule has 1 N–H and O–H groups in total. The van der Waals surface area contributed by atoms with Gasteiger partial charge in [-0.25, -0.2) is 0 Å². The molecule has 0 bridgehead atoms. The minimum atomic E-state index is -1.02. The van der Waals surface area contributed by atoms with Crippen molar-refractivity contribution in [3.05, 3.63) is 35.9 Å². The summed E-state index contributed by atoms with van der Waals surface area (Å²) in [7, 11) is 10.0. The van der Waals surface area contributed by atoms with Gasteiger partial charge in [-0.15, -0.1) is 23.5 Å². The zero-order valence-electron chi connectivity index (χ0n) is 43.5. The molecular formula is C50H82N4O11S4+2. The number of ether oxygens (including phenoxy) is 4. The fourth-order valence-corrected chi connectivity index (χ4v) is 11.1. The second-order valence-electron chi connectivity index (χ2n) is 20.4. The molecule has 0 aliphatic carbocycles. The van der Waals surface area contributed by atoms with E-state index < -0.39 is 70.0 Å². The number of benzene rings is 1. The van der Waals surface area contributed by atoms with Crippen LogP contribution >= 0.6 is 47.5 Å². The molecule has 19 heteroatoms. The van der Waals surface area contributed by atoms with Crippen LogP contribution in [0.2, 0.25) is 0 Å². The molecule has 15 nitrogen and oxygen atoms in total. The third-order valence-corrected chi connectivity index (χ3v) is 15.8. The fourth-order valence-electron chi connectivity index (χ4n) is 7.32. The first kappa shape index (κ1) is 61.9. The van der Waals surface area contributed by atoms with Crippen LogP contribution in [-0.2, 0) is 52.5 Å². The van der Waals surface area contributed by atoms with Crippen molar-refractivity contribution >= 4 is 92.6 Å². The number of thioether (sulfide) groups is 3. The third-order valence-electron chi connectivity index (χ3n) is 11.9. The van der Waals surface area contributed by atoms with E-state index in [0.717, 1.165) is 26.3 Å². The maximum absolute atomic E-state index is 13.6. The van der Waals surface area contributed by atoms with Crippen LogP contribution in [-0.4, -0.2) is 170 Å². The van der Waals surface area contributed by atoms with Crippen molar-refractivity contribution < 1.29 is 61.5 Å². The van der Waals surface area contributed by atoms with Gasteiger partial charge in [-0.3, -0.25) is 38.5 Å². The lowest BCUT2D eigenvalue weighted by atomic mass is 9.80. The number of rotatable bonds is 31. The SMILES string of the molecule is CCSC(=S)SC(CC(CC(C)(C)C(=O)OCCSC1CC(=O)N(CCOC(=O)C(C)CC(CC(C)C(=O)OCC[N+](C)(C)CC)C(=O)OCC[N+](C)(C)C)C1=O)C(=O)NC(C)C)c1ccccc1. The number of thiocarbonyl (C=S) groups is 1. The Bertz CT molecular complexity index is 1860. The molecule has 69 heavy (non-hydrogen) atoms. The molecule has 6 unspecified atom stereocenters. The van der Waals surface area contributed by atoms with Gasteiger partial charge in [-0.05, 0) is 71.6 Å². The first-order valence-corrected chi connectivity index (χ1v) is 27.5. The Hall–Kier alpha value is -3.23. The van der Waals surface area contributed by atoms with Gasteiger partial charge in [0.25, 0.3) is 0 Å². The minimum absolute atomic E-state index is 0.00472. The number of amides is 3. The molecule has 1 aromatic carbocycles. The van der Waals surface area contributed by atoms with Crippen molar-refractivity contribution in [3.8, 4) is 0 Å². The lowest BCUT2D eigenvalue weighted by Gasteiger charge is -2.30. The molecule has 0 saturated carbocycles. The van der Waals surface area contributed by atoms with Crippen molar-refractivity contribution in [2.75, 3.05) is 99.4 Å². The van der Waals surface area contributed by atoms with Crippen molar-refractivity contribution in [2.24, 2.45) is 29.1 Å². The molecule has 6 atom stereocenters. The number of hydrogen-bond acceptors (Lipinski definition) is 15. The number of carbonyl (C=O) groups is 7. The van der Waals surface area contributed by atoms with Crippen molar-refractivity contribution in [1.29, 1.82) is 0 Å². The highest BCUT2D eigenvalue weighted by Gasteiger charge is 2.40. The van der Waals surface area contributed by atoms with Gasteiger partial charge in [0.05, 0.1) is 76.7 Å². The number of likely N-dealkylation sites (N-methyl/N-ethyl adjacent to an activating group) is 2. The third kappa shape index (κ3) is 23.2. The van der Waals surface area contributed by atoms with E-state index in [1.165, 1.54) is 11.8 Å². The zero-order chi connectivity index (χ0) is 52.1. The molecule has 390 valence electrons. The number of carbonyl (C=O) groups excluding carboxylic acids is 7. The van der Waals surface area contributed by atoms with Crippen LogP contribution in [0.5, 0.6) is 0 Å². The summed E-state index contributed by atoms with van der Waals surface area (Å²) in [6, 6.07) is 9.83. The first-order chi connectivity index (χ1) is 32.2. The normalized spacial score (nSPS) is 16.6. The molecule has 0 radical (unpaired) electrons. The fraction of sp³-hybridized carbons (Fsp3) is 0.720. The van der Waals surface area contributed by atoms with Crippen LogP contribution in [0.1, 0.15) is 98.3 Å². The molecule has 1 heterocycles. The smallest absolute Gasteiger partial charge is 0.311 e. The Morgan fingerprint density at radius 3 is 1.94 bits per heavy atom. The molecule has 1 aliphatic heterocycles. The van der Waals surface area contributed by atoms with Gasteiger partial charge in [0.2, 0.25) is 17.7 Å². The van der Waals surface area contributed by atoms with Crippen molar-refractivity contribution in [3.63, 3.8) is 0 Å². The highest BCUT2D eigenvalue weighted by Crippen LogP contribution is 2.41. The molecule has 1 saturated heterocycles. The van der Waals surface area contributed by atoms with Gasteiger partial charge >= 0.3 is 23.9 Å². The van der Waals surface area contributed by atoms with E-state index in [9.17, 15) is 33.6 Å². The zero-order valence-corrected chi connectivity index (χ0v) is 46.8. The van der Waals surface area contributed by atoms with E-state index in [0.29, 0.717) is 28.5 Å². The summed E-state index contributed by atoms with van der Waals surface area (Å²) in [6.45, 7) is 16.9. The predicted octanol–water partition coefficient (Wildman–Crippen LogP) is 6.95. The number of hydrogen-bond donors (Lipinski definition) is 1. The van der Waals surface area contributed by atoms with Crippen molar-refractivity contribution in [2.45, 2.75) is 104 Å². The van der Waals surface area contributed by atoms with Crippen LogP contribution in [0.15, 0.2) is 30.3 Å². The first-order valence-electron chi connectivity index (χ1n) is 24.1. The van der Waals surface area contributed by atoms with E-state index in [-0.39, 0.29) is 81.6 Å². The summed E-state index contributed by atoms with van der Waals surface area (Å²) >= 11 is 10.0. The maximum atomic E-state index is 13.6. The largest absolute Gasteiger partial charge is 0.464 e. The van der Waals surface area contributed by atoms with E-state index in [4.69, 9.17) is 31.2 Å². The quantitative estimate of drug-likeness (QED) is 0.0202. The molecule has 0 aromatic heterocycles. The Balaban J connectivity index is 1.96. The second kappa shape index (κ2) is 30.0. The van der Waals surface area contributed by atoms with E-state index in [1.54, 1.807) is 51.2 Å². The van der Waals surface area contributed by atoms with Crippen LogP contribution in [0.25, 0.3) is 0 Å². The summed E-state index contributed by atoms with van der Waals surface area (Å²) in [5, 5.41) is 2.24. The van der Waals surface area contributed by atoms with Gasteiger partial charge in [-0.2, -0.15) is 0 Å². The maximum Gasteiger partial charge on any atom is 0.311 e. The summed E-state index contributed by atoms with van der Waals surface area (Å²) in [4.78, 5) is 94.0. The summed E-state index contributed by atoms with van der Waals surface area (Å²) < 4.78 is 24.4. The number of likely N-dealkylation sites (tertiary alicyclic amines) is 1. The standard InChI is InChI=1S/C50H81N4O11S4/c1-14-54(12,13)23-26-63-46(59)36(6)30-38(47(60)64-25-22-53(9,10)11)29-35(5)45(58)62-24-21-52-42(55)32-41(44(52)57)68-28-27-65-48(61)50(7,8)33-39(43(56)51-34(3)4)31-40(69-49(66)67-15-2)37-19-17-16-18-20-37/h16-20,34-36,38-41H,14-15,21-33H2,1-13H3/q+1/p+1. The topological polar surface area (TPSA) is 172 Å². The van der Waals surface area contributed by atoms with E-state index in [2.05, 4.69) is 12.2 Å². The number of nitrogens with zero attached hydrogens (tertiary/aromatic N) is 3. The van der Waals surface area contributed by atoms with Gasteiger partial charge in [0.1, 0.15) is 43.0 Å². The van der Waals surface area contributed by atoms with Gasteiger partial charge < -0.3 is 33.2 Å². The Morgan fingerprint density at radius 2 is 1.38 bits per heavy atom. The van der Waals surface area contributed by atoms with Crippen LogP contribution in [0.3, 0.4) is 0 Å².